The van der Waals surface area contributed by atoms with E-state index < -0.39 is 0 Å². The fourth-order valence-corrected chi connectivity index (χ4v) is 2.97. The number of nitrogens with zero attached hydrogens (tertiary/aromatic N) is 2. The lowest BCUT2D eigenvalue weighted by molar-refractivity contribution is 0.637. The number of fused-ring (bicyclic) bond motifs is 1. The first-order valence-corrected chi connectivity index (χ1v) is 6.72. The zero-order valence-corrected chi connectivity index (χ0v) is 10.8. The van der Waals surface area contributed by atoms with Crippen molar-refractivity contribution in [3.63, 3.8) is 0 Å². The molecule has 0 saturated heterocycles. The topological polar surface area (TPSA) is 43.8 Å². The van der Waals surface area contributed by atoms with Crippen LogP contribution in [0.3, 0.4) is 0 Å². The van der Waals surface area contributed by atoms with E-state index in [-0.39, 0.29) is 11.9 Å². The number of hydrogen-bond acceptors (Lipinski definition) is 2. The maximum atomic E-state index is 13.8. The standard InChI is InChI=1S/C16H14FN3/c17-12-7-4-8-13-15(12)19-16(18)20(13)14-9-11(14)10-5-2-1-3-6-10/h1-8,11,14H,9H2,(H2,18,19). The Hall–Kier alpha value is -2.36. The Labute approximate surface area is 115 Å². The van der Waals surface area contributed by atoms with Gasteiger partial charge in [-0.05, 0) is 24.1 Å². The second kappa shape index (κ2) is 4.07. The molecule has 1 saturated carbocycles. The van der Waals surface area contributed by atoms with Crippen LogP contribution in [0.5, 0.6) is 0 Å². The molecule has 0 radical (unpaired) electrons. The van der Waals surface area contributed by atoms with Crippen molar-refractivity contribution in [2.24, 2.45) is 0 Å². The summed E-state index contributed by atoms with van der Waals surface area (Å²) in [7, 11) is 0. The molecule has 0 amide bonds. The molecular formula is C16H14FN3. The molecule has 4 rings (SSSR count). The van der Waals surface area contributed by atoms with E-state index in [1.807, 2.05) is 28.8 Å². The van der Waals surface area contributed by atoms with Gasteiger partial charge in [0, 0.05) is 12.0 Å². The number of nitrogen functional groups attached to an aromatic ring is 1. The summed E-state index contributed by atoms with van der Waals surface area (Å²) >= 11 is 0. The Morgan fingerprint density at radius 2 is 1.90 bits per heavy atom. The number of halogens is 1. The normalized spacial score (nSPS) is 21.2. The predicted molar refractivity (Wildman–Crippen MR) is 76.9 cm³/mol. The van der Waals surface area contributed by atoms with Crippen LogP contribution in [0.15, 0.2) is 48.5 Å². The van der Waals surface area contributed by atoms with Crippen molar-refractivity contribution in [1.82, 2.24) is 9.55 Å². The third-order valence-corrected chi connectivity index (χ3v) is 4.01. The Bertz CT molecular complexity index is 779. The number of rotatable bonds is 2. The van der Waals surface area contributed by atoms with Crippen LogP contribution >= 0.6 is 0 Å². The van der Waals surface area contributed by atoms with Gasteiger partial charge >= 0.3 is 0 Å². The molecule has 0 spiro atoms. The molecule has 3 aromatic rings. The Balaban J connectivity index is 1.78. The van der Waals surface area contributed by atoms with Crippen LogP contribution in [0, 0.1) is 5.82 Å². The van der Waals surface area contributed by atoms with Crippen molar-refractivity contribution in [3.8, 4) is 0 Å². The number of anilines is 1. The number of benzene rings is 2. The first kappa shape index (κ1) is 11.5. The van der Waals surface area contributed by atoms with E-state index in [1.54, 1.807) is 6.07 Å². The largest absolute Gasteiger partial charge is 0.369 e. The predicted octanol–water partition coefficient (Wildman–Crippen LogP) is 3.49. The average molecular weight is 267 g/mol. The van der Waals surface area contributed by atoms with Crippen LogP contribution in [0.2, 0.25) is 0 Å². The van der Waals surface area contributed by atoms with E-state index >= 15 is 0 Å². The van der Waals surface area contributed by atoms with Gasteiger partial charge in [-0.1, -0.05) is 36.4 Å². The molecule has 2 N–H and O–H groups in total. The van der Waals surface area contributed by atoms with Crippen LogP contribution < -0.4 is 5.73 Å². The molecule has 1 fully saturated rings. The van der Waals surface area contributed by atoms with Gasteiger partial charge in [0.15, 0.2) is 5.82 Å². The van der Waals surface area contributed by atoms with Crippen molar-refractivity contribution in [1.29, 1.82) is 0 Å². The quantitative estimate of drug-likeness (QED) is 0.772. The molecule has 1 aliphatic rings. The molecule has 2 aromatic carbocycles. The highest BCUT2D eigenvalue weighted by atomic mass is 19.1. The molecule has 100 valence electrons. The summed E-state index contributed by atoms with van der Waals surface area (Å²) in [4.78, 5) is 4.17. The van der Waals surface area contributed by atoms with Gasteiger partial charge in [0.2, 0.25) is 5.95 Å². The SMILES string of the molecule is Nc1nc2c(F)cccc2n1C1CC1c1ccccc1. The minimum Gasteiger partial charge on any atom is -0.369 e. The van der Waals surface area contributed by atoms with Gasteiger partial charge in [-0.15, -0.1) is 0 Å². The van der Waals surface area contributed by atoms with Crippen LogP contribution in [-0.2, 0) is 0 Å². The number of aromatic nitrogens is 2. The summed E-state index contributed by atoms with van der Waals surface area (Å²) in [6, 6.07) is 15.6. The minimum absolute atomic E-state index is 0.282. The molecule has 3 nitrogen and oxygen atoms in total. The smallest absolute Gasteiger partial charge is 0.201 e. The van der Waals surface area contributed by atoms with Gasteiger partial charge in [-0.25, -0.2) is 9.37 Å². The van der Waals surface area contributed by atoms with Gasteiger partial charge in [0.1, 0.15) is 5.52 Å². The molecule has 0 aliphatic heterocycles. The molecule has 0 bridgehead atoms. The fourth-order valence-electron chi connectivity index (χ4n) is 2.97. The van der Waals surface area contributed by atoms with Crippen LogP contribution in [0.25, 0.3) is 11.0 Å². The number of imidazole rings is 1. The average Bonchev–Trinajstić information content (AvgIpc) is 3.17. The summed E-state index contributed by atoms with van der Waals surface area (Å²) in [5.74, 6) is 0.526. The van der Waals surface area contributed by atoms with E-state index in [0.717, 1.165) is 11.9 Å². The van der Waals surface area contributed by atoms with Gasteiger partial charge in [-0.3, -0.25) is 0 Å². The fraction of sp³-hybridized carbons (Fsp3) is 0.188. The van der Waals surface area contributed by atoms with Gasteiger partial charge < -0.3 is 10.3 Å². The van der Waals surface area contributed by atoms with E-state index in [1.165, 1.54) is 11.6 Å². The molecular weight excluding hydrogens is 253 g/mol. The van der Waals surface area contributed by atoms with Crippen LogP contribution in [0.4, 0.5) is 10.3 Å². The molecule has 1 aromatic heterocycles. The van der Waals surface area contributed by atoms with E-state index in [9.17, 15) is 4.39 Å². The molecule has 20 heavy (non-hydrogen) atoms. The summed E-state index contributed by atoms with van der Waals surface area (Å²) in [6.07, 6.45) is 1.02. The highest BCUT2D eigenvalue weighted by Crippen LogP contribution is 2.53. The van der Waals surface area contributed by atoms with Crippen LogP contribution in [0.1, 0.15) is 23.9 Å². The summed E-state index contributed by atoms with van der Waals surface area (Å²) in [6.45, 7) is 0. The number of nitrogens with two attached hydrogens (primary N) is 1. The molecule has 2 atom stereocenters. The van der Waals surface area contributed by atoms with Crippen molar-refractivity contribution < 1.29 is 4.39 Å². The highest BCUT2D eigenvalue weighted by molar-refractivity contribution is 5.79. The second-order valence-electron chi connectivity index (χ2n) is 5.27. The lowest BCUT2D eigenvalue weighted by atomic mass is 10.1. The third-order valence-electron chi connectivity index (χ3n) is 4.01. The Morgan fingerprint density at radius 1 is 1.10 bits per heavy atom. The zero-order chi connectivity index (χ0) is 13.7. The maximum absolute atomic E-state index is 13.8. The monoisotopic (exact) mass is 267 g/mol. The van der Waals surface area contributed by atoms with Crippen molar-refractivity contribution in [2.75, 3.05) is 5.73 Å². The van der Waals surface area contributed by atoms with E-state index in [4.69, 9.17) is 5.73 Å². The van der Waals surface area contributed by atoms with Crippen molar-refractivity contribution in [2.45, 2.75) is 18.4 Å². The molecule has 1 heterocycles. The minimum atomic E-state index is -0.315. The Kier molecular flexibility index (Phi) is 2.33. The lowest BCUT2D eigenvalue weighted by Gasteiger charge is -2.06. The van der Waals surface area contributed by atoms with Crippen LogP contribution in [-0.4, -0.2) is 9.55 Å². The molecule has 1 aliphatic carbocycles. The summed E-state index contributed by atoms with van der Waals surface area (Å²) in [5, 5.41) is 0. The van der Waals surface area contributed by atoms with Crippen molar-refractivity contribution >= 4 is 17.0 Å². The maximum Gasteiger partial charge on any atom is 0.201 e. The first-order valence-electron chi connectivity index (χ1n) is 6.72. The summed E-state index contributed by atoms with van der Waals surface area (Å²) in [5.41, 5.74) is 8.44. The Morgan fingerprint density at radius 3 is 2.70 bits per heavy atom. The summed E-state index contributed by atoms with van der Waals surface area (Å²) < 4.78 is 15.7. The zero-order valence-electron chi connectivity index (χ0n) is 10.8. The highest BCUT2D eigenvalue weighted by Gasteiger charge is 2.41. The number of hydrogen-bond donors (Lipinski definition) is 1. The second-order valence-corrected chi connectivity index (χ2v) is 5.27. The van der Waals surface area contributed by atoms with Gasteiger partial charge in [-0.2, -0.15) is 0 Å². The molecule has 2 unspecified atom stereocenters. The van der Waals surface area contributed by atoms with Gasteiger partial charge in [0.05, 0.1) is 5.52 Å². The third kappa shape index (κ3) is 1.61. The first-order chi connectivity index (χ1) is 9.75. The van der Waals surface area contributed by atoms with E-state index in [2.05, 4.69) is 17.1 Å². The molecule has 4 heteroatoms. The van der Waals surface area contributed by atoms with Gasteiger partial charge in [0.25, 0.3) is 0 Å². The van der Waals surface area contributed by atoms with E-state index in [0.29, 0.717) is 17.4 Å². The number of para-hydroxylation sites is 1. The van der Waals surface area contributed by atoms with Crippen molar-refractivity contribution in [3.05, 3.63) is 59.9 Å². The lowest BCUT2D eigenvalue weighted by Crippen LogP contribution is -2.02.